The molecule has 108 valence electrons. The van der Waals surface area contributed by atoms with E-state index in [9.17, 15) is 0 Å². The Morgan fingerprint density at radius 3 is 2.40 bits per heavy atom. The Hall–Kier alpha value is -1.10. The minimum Gasteiger partial charge on any atom is -0.312 e. The van der Waals surface area contributed by atoms with Crippen LogP contribution in [0.1, 0.15) is 37.7 Å². The van der Waals surface area contributed by atoms with E-state index in [0.717, 1.165) is 24.2 Å². The van der Waals surface area contributed by atoms with E-state index in [-0.39, 0.29) is 6.04 Å². The minimum atomic E-state index is 0.181. The van der Waals surface area contributed by atoms with Crippen LogP contribution in [-0.2, 0) is 6.42 Å². The van der Waals surface area contributed by atoms with Gasteiger partial charge in [-0.1, -0.05) is 48.3 Å². The van der Waals surface area contributed by atoms with Gasteiger partial charge in [0.05, 0.1) is 21.8 Å². The van der Waals surface area contributed by atoms with Crippen molar-refractivity contribution in [1.29, 1.82) is 0 Å². The van der Waals surface area contributed by atoms with Gasteiger partial charge in [-0.05, 0) is 32.0 Å². The molecule has 0 amide bonds. The number of hydrogen-bond donors (Lipinski definition) is 1. The van der Waals surface area contributed by atoms with E-state index in [2.05, 4.69) is 29.5 Å². The lowest BCUT2D eigenvalue weighted by Gasteiger charge is -2.14. The summed E-state index contributed by atoms with van der Waals surface area (Å²) in [7, 11) is 1.93. The molecule has 0 saturated heterocycles. The fraction of sp³-hybridized carbons (Fsp3) is 0.429. The molecule has 0 saturated carbocycles. The molecule has 0 fully saturated rings. The van der Waals surface area contributed by atoms with Crippen LogP contribution in [0.2, 0.25) is 10.0 Å². The van der Waals surface area contributed by atoms with Gasteiger partial charge in [-0.2, -0.15) is 0 Å². The highest BCUT2D eigenvalue weighted by Crippen LogP contribution is 2.30. The average Bonchev–Trinajstić information content (AvgIpc) is 2.84. The van der Waals surface area contributed by atoms with Crippen molar-refractivity contribution in [2.45, 2.75) is 32.7 Å². The zero-order valence-corrected chi connectivity index (χ0v) is 13.3. The summed E-state index contributed by atoms with van der Waals surface area (Å²) in [6.07, 6.45) is 1.75. The Kier molecular flexibility index (Phi) is 5.02. The summed E-state index contributed by atoms with van der Waals surface area (Å²) in [5, 5.41) is 13.0. The Balaban J connectivity index is 2.59. The standard InChI is InChI=1S/C14H18Cl2N4/c1-4-11(17-3)13-12(5-2)20(19-18-13)14-9(15)7-6-8-10(14)16/h6-8,11,17H,4-5H2,1-3H3. The Bertz CT molecular complexity index is 571. The first-order valence-electron chi connectivity index (χ1n) is 6.70. The Morgan fingerprint density at radius 2 is 1.90 bits per heavy atom. The normalized spacial score (nSPS) is 12.7. The molecule has 1 heterocycles. The summed E-state index contributed by atoms with van der Waals surface area (Å²) in [6.45, 7) is 4.19. The molecule has 0 aliphatic heterocycles. The molecule has 1 atom stereocenters. The van der Waals surface area contributed by atoms with E-state index in [4.69, 9.17) is 23.2 Å². The molecule has 6 heteroatoms. The van der Waals surface area contributed by atoms with E-state index < -0.39 is 0 Å². The van der Waals surface area contributed by atoms with E-state index in [0.29, 0.717) is 15.7 Å². The van der Waals surface area contributed by atoms with Gasteiger partial charge >= 0.3 is 0 Å². The summed E-state index contributed by atoms with van der Waals surface area (Å²) in [4.78, 5) is 0. The monoisotopic (exact) mass is 312 g/mol. The maximum Gasteiger partial charge on any atom is 0.104 e. The topological polar surface area (TPSA) is 42.7 Å². The smallest absolute Gasteiger partial charge is 0.104 e. The molecule has 1 aromatic heterocycles. The molecule has 0 radical (unpaired) electrons. The molecule has 1 unspecified atom stereocenters. The molecule has 2 aromatic rings. The molecule has 1 aromatic carbocycles. The van der Waals surface area contributed by atoms with Gasteiger partial charge in [0.1, 0.15) is 11.4 Å². The van der Waals surface area contributed by atoms with Crippen molar-refractivity contribution < 1.29 is 0 Å². The molecule has 1 N–H and O–H groups in total. The summed E-state index contributed by atoms with van der Waals surface area (Å²) in [5.41, 5.74) is 2.67. The third kappa shape index (κ3) is 2.68. The number of benzene rings is 1. The number of halogens is 2. The van der Waals surface area contributed by atoms with Crippen LogP contribution in [0.25, 0.3) is 5.69 Å². The molecule has 0 spiro atoms. The number of hydrogen-bond acceptors (Lipinski definition) is 3. The van der Waals surface area contributed by atoms with Gasteiger partial charge in [-0.3, -0.25) is 0 Å². The van der Waals surface area contributed by atoms with Gasteiger partial charge in [0.2, 0.25) is 0 Å². The average molecular weight is 313 g/mol. The second kappa shape index (κ2) is 6.57. The van der Waals surface area contributed by atoms with Crippen LogP contribution in [0.4, 0.5) is 0 Å². The number of nitrogens with zero attached hydrogens (tertiary/aromatic N) is 3. The van der Waals surface area contributed by atoms with Gasteiger partial charge in [0.25, 0.3) is 0 Å². The largest absolute Gasteiger partial charge is 0.312 e. The number of nitrogens with one attached hydrogen (secondary N) is 1. The highest BCUT2D eigenvalue weighted by atomic mass is 35.5. The Morgan fingerprint density at radius 1 is 1.25 bits per heavy atom. The van der Waals surface area contributed by atoms with Crippen molar-refractivity contribution >= 4 is 23.2 Å². The zero-order valence-electron chi connectivity index (χ0n) is 11.8. The van der Waals surface area contributed by atoms with Crippen LogP contribution < -0.4 is 5.32 Å². The first kappa shape index (κ1) is 15.3. The Labute approximate surface area is 129 Å². The fourth-order valence-electron chi connectivity index (χ4n) is 2.32. The summed E-state index contributed by atoms with van der Waals surface area (Å²) >= 11 is 12.5. The number of rotatable bonds is 5. The van der Waals surface area contributed by atoms with Crippen LogP contribution >= 0.6 is 23.2 Å². The van der Waals surface area contributed by atoms with Crippen molar-refractivity contribution in [2.75, 3.05) is 7.05 Å². The van der Waals surface area contributed by atoms with Crippen molar-refractivity contribution in [3.8, 4) is 5.69 Å². The van der Waals surface area contributed by atoms with Crippen molar-refractivity contribution in [2.24, 2.45) is 0 Å². The van der Waals surface area contributed by atoms with E-state index in [1.165, 1.54) is 0 Å². The SMILES string of the molecule is CCc1c(C(CC)NC)nnn1-c1c(Cl)cccc1Cl. The van der Waals surface area contributed by atoms with E-state index >= 15 is 0 Å². The van der Waals surface area contributed by atoms with Gasteiger partial charge in [-0.25, -0.2) is 4.68 Å². The van der Waals surface area contributed by atoms with E-state index in [1.807, 2.05) is 13.1 Å². The third-order valence-corrected chi connectivity index (χ3v) is 3.97. The van der Waals surface area contributed by atoms with Gasteiger partial charge in [0, 0.05) is 0 Å². The molecule has 4 nitrogen and oxygen atoms in total. The summed E-state index contributed by atoms with van der Waals surface area (Å²) in [5.74, 6) is 0. The first-order valence-corrected chi connectivity index (χ1v) is 7.45. The van der Waals surface area contributed by atoms with E-state index in [1.54, 1.807) is 16.8 Å². The second-order valence-electron chi connectivity index (χ2n) is 4.51. The molecule has 0 bridgehead atoms. The molecule has 0 aliphatic rings. The van der Waals surface area contributed by atoms with Crippen LogP contribution in [0.3, 0.4) is 0 Å². The highest BCUT2D eigenvalue weighted by Gasteiger charge is 2.21. The van der Waals surface area contributed by atoms with Crippen LogP contribution in [0, 0.1) is 0 Å². The van der Waals surface area contributed by atoms with Crippen molar-refractivity contribution in [1.82, 2.24) is 20.3 Å². The van der Waals surface area contributed by atoms with Crippen LogP contribution in [0.15, 0.2) is 18.2 Å². The maximum absolute atomic E-state index is 6.26. The minimum absolute atomic E-state index is 0.181. The predicted octanol–water partition coefficient (Wildman–Crippen LogP) is 3.81. The molecule has 0 aliphatic carbocycles. The van der Waals surface area contributed by atoms with Gasteiger partial charge in [-0.15, -0.1) is 5.10 Å². The predicted molar refractivity (Wildman–Crippen MR) is 82.8 cm³/mol. The number of para-hydroxylation sites is 1. The van der Waals surface area contributed by atoms with Crippen LogP contribution in [-0.4, -0.2) is 22.0 Å². The molecule has 20 heavy (non-hydrogen) atoms. The molecular weight excluding hydrogens is 295 g/mol. The lowest BCUT2D eigenvalue weighted by molar-refractivity contribution is 0.555. The van der Waals surface area contributed by atoms with Gasteiger partial charge < -0.3 is 5.32 Å². The first-order chi connectivity index (χ1) is 9.63. The van der Waals surface area contributed by atoms with Crippen molar-refractivity contribution in [3.05, 3.63) is 39.6 Å². The highest BCUT2D eigenvalue weighted by molar-refractivity contribution is 6.37. The zero-order chi connectivity index (χ0) is 14.7. The second-order valence-corrected chi connectivity index (χ2v) is 5.32. The summed E-state index contributed by atoms with van der Waals surface area (Å²) < 4.78 is 1.75. The molecule has 2 rings (SSSR count). The quantitative estimate of drug-likeness (QED) is 0.913. The van der Waals surface area contributed by atoms with Gasteiger partial charge in [0.15, 0.2) is 0 Å². The molecular formula is C14H18Cl2N4. The lowest BCUT2D eigenvalue weighted by atomic mass is 10.1. The third-order valence-electron chi connectivity index (χ3n) is 3.36. The number of aromatic nitrogens is 3. The fourth-order valence-corrected chi connectivity index (χ4v) is 2.88. The maximum atomic E-state index is 6.26. The van der Waals surface area contributed by atoms with Crippen molar-refractivity contribution in [3.63, 3.8) is 0 Å². The lowest BCUT2D eigenvalue weighted by Crippen LogP contribution is -2.17. The summed E-state index contributed by atoms with van der Waals surface area (Å²) in [6, 6.07) is 5.61. The van der Waals surface area contributed by atoms with Crippen LogP contribution in [0.5, 0.6) is 0 Å².